The third-order valence-electron chi connectivity index (χ3n) is 12.1. The molecule has 0 fully saturated rings. The van der Waals surface area contributed by atoms with Crippen LogP contribution in [0.25, 0.3) is 94.4 Å². The van der Waals surface area contributed by atoms with Crippen LogP contribution in [0.2, 0.25) is 19.6 Å². The third kappa shape index (κ3) is 8.05. The number of imidazole rings is 1. The van der Waals surface area contributed by atoms with Gasteiger partial charge in [0.15, 0.2) is 0 Å². The molecule has 11 rings (SSSR count). The van der Waals surface area contributed by atoms with Crippen molar-refractivity contribution < 1.29 is 33.3 Å². The fourth-order valence-corrected chi connectivity index (χ4v) is 9.81. The number of halogens is 1. The van der Waals surface area contributed by atoms with Gasteiger partial charge in [0.2, 0.25) is 0 Å². The van der Waals surface area contributed by atoms with E-state index in [4.69, 9.17) is 13.8 Å². The summed E-state index contributed by atoms with van der Waals surface area (Å²) in [6.07, 6.45) is 1.93. The van der Waals surface area contributed by atoms with E-state index in [2.05, 4.69) is 166 Å². The zero-order chi connectivity index (χ0) is 44.3. The Morgan fingerprint density at radius 3 is 2.05 bits per heavy atom. The minimum atomic E-state index is -1.30. The minimum absolute atomic E-state index is 0. The van der Waals surface area contributed by atoms with Crippen LogP contribution in [-0.2, 0) is 20.1 Å². The Bertz CT molecular complexity index is 3460. The normalized spacial score (nSPS) is 11.8. The first-order valence-corrected chi connectivity index (χ1v) is 25.5. The molecule has 5 nitrogen and oxygen atoms in total. The largest absolute Gasteiger partial charge is 0.500 e. The number of para-hydroxylation sites is 3. The molecule has 65 heavy (non-hydrogen) atoms. The Balaban J connectivity index is 0.000000250. The van der Waals surface area contributed by atoms with E-state index in [-0.39, 0.29) is 37.8 Å². The monoisotopic (exact) mass is 1050 g/mol. The summed E-state index contributed by atoms with van der Waals surface area (Å²) in [6.45, 7) is 16.0. The first-order chi connectivity index (χ1) is 30.9. The Kier molecular flexibility index (Phi) is 11.8. The van der Waals surface area contributed by atoms with Gasteiger partial charge in [-0.1, -0.05) is 131 Å². The van der Waals surface area contributed by atoms with E-state index >= 15 is 0 Å². The van der Waals surface area contributed by atoms with Crippen LogP contribution in [0.3, 0.4) is 0 Å². The molecule has 0 amide bonds. The number of rotatable bonds is 7. The van der Waals surface area contributed by atoms with Crippen molar-refractivity contribution in [2.45, 2.75) is 59.2 Å². The molecule has 0 spiro atoms. The van der Waals surface area contributed by atoms with Gasteiger partial charge in [-0.25, -0.2) is 0 Å². The number of fused-ring (bicyclic) bond motifs is 8. The van der Waals surface area contributed by atoms with Crippen LogP contribution >= 0.6 is 0 Å². The van der Waals surface area contributed by atoms with E-state index in [0.717, 1.165) is 77.6 Å². The molecular weight excluding hydrogens is 998 g/mol. The zero-order valence-electron chi connectivity index (χ0n) is 37.5. The van der Waals surface area contributed by atoms with E-state index in [1.807, 2.05) is 36.5 Å². The van der Waals surface area contributed by atoms with Crippen molar-refractivity contribution >= 4 is 68.2 Å². The number of benzene rings is 7. The topological polar surface area (TPSA) is 57.0 Å². The standard InChI is InChI=1S/C43H33N2O2.C14H15FNSi.Ir/c1-25(2)33-23-28(27-13-6-5-7-14-27)24-34(26(3)4)40(33)45-36-19-10-9-18-35(36)44-43(45)32-17-12-16-29-30-21-22-38-39(42(30)47-41(29)32)31-15-8-11-20-37(31)46-38;1-17(2,3)13-8-9-14(16-10-13)11-4-6-12(15)7-5-11;/h5-16,18-26H,1-4H3;4,6-10H,1-3H3;/q2*-1;. The Morgan fingerprint density at radius 2 is 1.35 bits per heavy atom. The number of furan rings is 2. The second-order valence-electron chi connectivity index (χ2n) is 18.2. The molecule has 7 aromatic carbocycles. The van der Waals surface area contributed by atoms with Gasteiger partial charge in [-0.05, 0) is 87.4 Å². The van der Waals surface area contributed by atoms with Crippen LogP contribution in [-0.4, -0.2) is 22.6 Å². The van der Waals surface area contributed by atoms with E-state index in [1.165, 1.54) is 45.3 Å². The summed E-state index contributed by atoms with van der Waals surface area (Å²) in [7, 11) is -1.30. The van der Waals surface area contributed by atoms with Gasteiger partial charge in [0, 0.05) is 48.6 Å². The Labute approximate surface area is 393 Å². The molecule has 325 valence electrons. The fourth-order valence-electron chi connectivity index (χ4n) is 8.77. The fraction of sp³-hybridized carbons (Fsp3) is 0.158. The van der Waals surface area contributed by atoms with Gasteiger partial charge in [-0.2, -0.15) is 0 Å². The molecule has 8 heteroatoms. The summed E-state index contributed by atoms with van der Waals surface area (Å²) in [4.78, 5) is 9.74. The second-order valence-corrected chi connectivity index (χ2v) is 23.2. The molecule has 0 N–H and O–H groups in total. The van der Waals surface area contributed by atoms with Crippen LogP contribution in [0, 0.1) is 17.9 Å². The summed E-state index contributed by atoms with van der Waals surface area (Å²) < 4.78 is 28.2. The summed E-state index contributed by atoms with van der Waals surface area (Å²) in [6, 6.07) is 55.3. The predicted molar refractivity (Wildman–Crippen MR) is 265 cm³/mol. The van der Waals surface area contributed by atoms with E-state index in [1.54, 1.807) is 6.07 Å². The smallest absolute Gasteiger partial charge is 0.139 e. The number of hydrogen-bond acceptors (Lipinski definition) is 4. The molecule has 4 heterocycles. The number of aromatic nitrogens is 3. The van der Waals surface area contributed by atoms with E-state index < -0.39 is 8.07 Å². The van der Waals surface area contributed by atoms with Gasteiger partial charge in [0.25, 0.3) is 0 Å². The molecular formula is C57H48FIrN3O2Si-2. The Morgan fingerprint density at radius 1 is 0.646 bits per heavy atom. The summed E-state index contributed by atoms with van der Waals surface area (Å²) >= 11 is 0. The molecule has 1 radical (unpaired) electrons. The van der Waals surface area contributed by atoms with Crippen molar-refractivity contribution in [3.05, 3.63) is 181 Å². The molecule has 0 saturated heterocycles. The minimum Gasteiger partial charge on any atom is -0.500 e. The predicted octanol–water partition coefficient (Wildman–Crippen LogP) is 15.4. The zero-order valence-corrected chi connectivity index (χ0v) is 40.9. The molecule has 4 aromatic heterocycles. The van der Waals surface area contributed by atoms with Gasteiger partial charge in [0.05, 0.1) is 35.9 Å². The van der Waals surface area contributed by atoms with Crippen molar-refractivity contribution in [2.24, 2.45) is 0 Å². The van der Waals surface area contributed by atoms with Crippen molar-refractivity contribution in [3.63, 3.8) is 0 Å². The molecule has 0 saturated carbocycles. The maximum absolute atomic E-state index is 12.8. The van der Waals surface area contributed by atoms with Gasteiger partial charge in [-0.3, -0.25) is 9.37 Å². The molecule has 0 bridgehead atoms. The van der Waals surface area contributed by atoms with Crippen LogP contribution in [0.4, 0.5) is 4.39 Å². The van der Waals surface area contributed by atoms with Crippen molar-refractivity contribution in [2.75, 3.05) is 0 Å². The average Bonchev–Trinajstić information content (AvgIpc) is 4.00. The van der Waals surface area contributed by atoms with Crippen molar-refractivity contribution in [1.82, 2.24) is 14.5 Å². The van der Waals surface area contributed by atoms with Crippen LogP contribution in [0.15, 0.2) is 161 Å². The number of pyridine rings is 1. The summed E-state index contributed by atoms with van der Waals surface area (Å²) in [5, 5.41) is 5.45. The van der Waals surface area contributed by atoms with Crippen LogP contribution in [0.5, 0.6) is 0 Å². The van der Waals surface area contributed by atoms with E-state index in [0.29, 0.717) is 0 Å². The van der Waals surface area contributed by atoms with Crippen molar-refractivity contribution in [3.8, 4) is 39.5 Å². The summed E-state index contributed by atoms with van der Waals surface area (Å²) in [5.41, 5.74) is 14.0. The first-order valence-electron chi connectivity index (χ1n) is 22.0. The molecule has 0 unspecified atom stereocenters. The third-order valence-corrected chi connectivity index (χ3v) is 14.2. The maximum atomic E-state index is 12.8. The summed E-state index contributed by atoms with van der Waals surface area (Å²) in [5.74, 6) is 1.09. The van der Waals surface area contributed by atoms with Gasteiger partial charge >= 0.3 is 0 Å². The van der Waals surface area contributed by atoms with Gasteiger partial charge in [-0.15, -0.1) is 48.0 Å². The molecule has 0 aliphatic rings. The molecule has 0 aliphatic heterocycles. The molecule has 11 aromatic rings. The molecule has 0 atom stereocenters. The van der Waals surface area contributed by atoms with Gasteiger partial charge < -0.3 is 18.4 Å². The van der Waals surface area contributed by atoms with Crippen LogP contribution < -0.4 is 5.19 Å². The van der Waals surface area contributed by atoms with Crippen LogP contribution in [0.1, 0.15) is 50.7 Å². The SMILES string of the molecule is CC(C)c1cc(-c2ccccc2)cc(C(C)C)c1-n1c(-c2[c-]ccc3c2oc2c3ccc3oc4ccccc4c32)nc2ccccc21.C[Si](C)(C)c1ccc(-c2[c-]cc(F)cc2)nc1.[Ir]. The van der Waals surface area contributed by atoms with E-state index in [9.17, 15) is 4.39 Å². The molecule has 0 aliphatic carbocycles. The van der Waals surface area contributed by atoms with Crippen molar-refractivity contribution in [1.29, 1.82) is 0 Å². The second kappa shape index (κ2) is 17.5. The number of hydrogen-bond donors (Lipinski definition) is 0. The van der Waals surface area contributed by atoms with Gasteiger partial charge in [0.1, 0.15) is 16.7 Å². The first kappa shape index (κ1) is 43.8. The average molecular weight is 1050 g/mol. The quantitative estimate of drug-likeness (QED) is 0.118. The number of nitrogens with zero attached hydrogens (tertiary/aromatic N) is 3. The maximum Gasteiger partial charge on any atom is 0.139 e. The Hall–Kier alpha value is -6.44.